The van der Waals surface area contributed by atoms with E-state index in [1.54, 1.807) is 6.26 Å². The summed E-state index contributed by atoms with van der Waals surface area (Å²) in [6.07, 6.45) is 5.26. The molecule has 1 aliphatic rings. The molecule has 4 nitrogen and oxygen atoms in total. The average molecular weight is 209 g/mol. The molecule has 1 aromatic rings. The van der Waals surface area contributed by atoms with Crippen LogP contribution in [0.15, 0.2) is 10.7 Å². The standard InChI is InChI=1S/C11H19N3O/c1-3-10-5-4-8(2)14(10)11-13-9(6-12)7-15-11/h7-8,10H,3-6,12H2,1-2H3. The van der Waals surface area contributed by atoms with Crippen molar-refractivity contribution in [3.05, 3.63) is 12.0 Å². The van der Waals surface area contributed by atoms with E-state index in [4.69, 9.17) is 10.2 Å². The maximum Gasteiger partial charge on any atom is 0.297 e. The molecule has 2 unspecified atom stereocenters. The van der Waals surface area contributed by atoms with Gasteiger partial charge in [-0.1, -0.05) is 6.92 Å². The van der Waals surface area contributed by atoms with Crippen molar-refractivity contribution in [3.8, 4) is 0 Å². The van der Waals surface area contributed by atoms with Gasteiger partial charge >= 0.3 is 0 Å². The smallest absolute Gasteiger partial charge is 0.297 e. The molecule has 84 valence electrons. The summed E-state index contributed by atoms with van der Waals surface area (Å²) in [4.78, 5) is 6.68. The van der Waals surface area contributed by atoms with Gasteiger partial charge in [-0.3, -0.25) is 0 Å². The Kier molecular flexibility index (Phi) is 2.95. The average Bonchev–Trinajstić information content (AvgIpc) is 2.83. The van der Waals surface area contributed by atoms with E-state index in [1.165, 1.54) is 12.8 Å². The molecule has 0 radical (unpaired) electrons. The monoisotopic (exact) mass is 209 g/mol. The lowest BCUT2D eigenvalue weighted by molar-refractivity contribution is 0.498. The number of hydrogen-bond acceptors (Lipinski definition) is 4. The van der Waals surface area contributed by atoms with Crippen molar-refractivity contribution in [2.24, 2.45) is 5.73 Å². The Hall–Kier alpha value is -1.03. The van der Waals surface area contributed by atoms with E-state index in [1.807, 2.05) is 0 Å². The van der Waals surface area contributed by atoms with E-state index in [2.05, 4.69) is 23.7 Å². The lowest BCUT2D eigenvalue weighted by Crippen LogP contribution is -2.34. The molecule has 2 atom stereocenters. The normalized spacial score (nSPS) is 26.2. The molecule has 15 heavy (non-hydrogen) atoms. The fraction of sp³-hybridized carbons (Fsp3) is 0.727. The summed E-state index contributed by atoms with van der Waals surface area (Å²) in [5.74, 6) is 0. The van der Waals surface area contributed by atoms with E-state index < -0.39 is 0 Å². The number of anilines is 1. The highest BCUT2D eigenvalue weighted by atomic mass is 16.4. The highest BCUT2D eigenvalue weighted by molar-refractivity contribution is 5.33. The number of nitrogens with two attached hydrogens (primary N) is 1. The van der Waals surface area contributed by atoms with Crippen molar-refractivity contribution in [1.29, 1.82) is 0 Å². The van der Waals surface area contributed by atoms with Crippen LogP contribution in [0, 0.1) is 0 Å². The van der Waals surface area contributed by atoms with Gasteiger partial charge in [-0.2, -0.15) is 4.98 Å². The summed E-state index contributed by atoms with van der Waals surface area (Å²) in [5, 5.41) is 0. The third-order valence-corrected chi connectivity index (χ3v) is 3.23. The molecule has 1 fully saturated rings. The predicted octanol–water partition coefficient (Wildman–Crippen LogP) is 1.90. The summed E-state index contributed by atoms with van der Waals surface area (Å²) in [6, 6.07) is 1.84. The Labute approximate surface area is 90.5 Å². The predicted molar refractivity (Wildman–Crippen MR) is 59.6 cm³/mol. The van der Waals surface area contributed by atoms with Gasteiger partial charge in [0.15, 0.2) is 0 Å². The SMILES string of the molecule is CCC1CCC(C)N1c1nc(CN)co1. The summed E-state index contributed by atoms with van der Waals surface area (Å²) >= 11 is 0. The Balaban J connectivity index is 2.20. The second kappa shape index (κ2) is 4.23. The zero-order chi connectivity index (χ0) is 10.8. The summed E-state index contributed by atoms with van der Waals surface area (Å²) in [6.45, 7) is 4.88. The number of oxazole rings is 1. The van der Waals surface area contributed by atoms with Crippen molar-refractivity contribution in [2.75, 3.05) is 4.90 Å². The van der Waals surface area contributed by atoms with Gasteiger partial charge in [0, 0.05) is 18.6 Å². The van der Waals surface area contributed by atoms with Crippen molar-refractivity contribution >= 4 is 6.01 Å². The minimum atomic E-state index is 0.447. The van der Waals surface area contributed by atoms with Gasteiger partial charge < -0.3 is 15.1 Å². The quantitative estimate of drug-likeness (QED) is 0.826. The van der Waals surface area contributed by atoms with E-state index >= 15 is 0 Å². The molecule has 0 aromatic carbocycles. The Morgan fingerprint density at radius 3 is 3.00 bits per heavy atom. The number of hydrogen-bond donors (Lipinski definition) is 1. The first kappa shape index (κ1) is 10.5. The van der Waals surface area contributed by atoms with Gasteiger partial charge in [0.05, 0.1) is 5.69 Å². The molecule has 1 aromatic heterocycles. The topological polar surface area (TPSA) is 55.3 Å². The highest BCUT2D eigenvalue weighted by Crippen LogP contribution is 2.31. The first-order valence-corrected chi connectivity index (χ1v) is 5.69. The van der Waals surface area contributed by atoms with E-state index in [9.17, 15) is 0 Å². The maximum absolute atomic E-state index is 5.52. The molecule has 1 aliphatic heterocycles. The fourth-order valence-corrected chi connectivity index (χ4v) is 2.33. The van der Waals surface area contributed by atoms with Crippen molar-refractivity contribution in [1.82, 2.24) is 4.98 Å². The minimum absolute atomic E-state index is 0.447. The van der Waals surface area contributed by atoms with Gasteiger partial charge in [-0.05, 0) is 26.2 Å². The summed E-state index contributed by atoms with van der Waals surface area (Å²) in [5.41, 5.74) is 6.35. The highest BCUT2D eigenvalue weighted by Gasteiger charge is 2.32. The minimum Gasteiger partial charge on any atom is -0.432 e. The first-order chi connectivity index (χ1) is 7.26. The zero-order valence-electron chi connectivity index (χ0n) is 9.44. The van der Waals surface area contributed by atoms with Crippen LogP contribution in [-0.2, 0) is 6.54 Å². The van der Waals surface area contributed by atoms with Crippen molar-refractivity contribution < 1.29 is 4.42 Å². The van der Waals surface area contributed by atoms with Gasteiger partial charge in [0.1, 0.15) is 6.26 Å². The van der Waals surface area contributed by atoms with Crippen LogP contribution < -0.4 is 10.6 Å². The third-order valence-electron chi connectivity index (χ3n) is 3.23. The maximum atomic E-state index is 5.52. The molecule has 2 heterocycles. The van der Waals surface area contributed by atoms with Gasteiger partial charge in [-0.25, -0.2) is 0 Å². The van der Waals surface area contributed by atoms with Gasteiger partial charge in [0.2, 0.25) is 0 Å². The molecular weight excluding hydrogens is 190 g/mol. The summed E-state index contributed by atoms with van der Waals surface area (Å²) < 4.78 is 5.48. The number of rotatable bonds is 3. The molecule has 0 amide bonds. The molecule has 0 saturated carbocycles. The molecule has 0 spiro atoms. The molecule has 2 N–H and O–H groups in total. The zero-order valence-corrected chi connectivity index (χ0v) is 9.44. The molecule has 1 saturated heterocycles. The molecule has 0 bridgehead atoms. The van der Waals surface area contributed by atoms with Crippen LogP contribution in [0.1, 0.15) is 38.8 Å². The van der Waals surface area contributed by atoms with E-state index in [0.717, 1.165) is 18.1 Å². The van der Waals surface area contributed by atoms with Crippen LogP contribution in [0.5, 0.6) is 0 Å². The van der Waals surface area contributed by atoms with Crippen molar-refractivity contribution in [3.63, 3.8) is 0 Å². The molecular formula is C11H19N3O. The van der Waals surface area contributed by atoms with Crippen LogP contribution in [0.4, 0.5) is 6.01 Å². The third kappa shape index (κ3) is 1.86. The number of nitrogens with zero attached hydrogens (tertiary/aromatic N) is 2. The molecule has 2 rings (SSSR count). The first-order valence-electron chi connectivity index (χ1n) is 5.69. The summed E-state index contributed by atoms with van der Waals surface area (Å²) in [7, 11) is 0. The van der Waals surface area contributed by atoms with Crippen LogP contribution in [-0.4, -0.2) is 17.1 Å². The van der Waals surface area contributed by atoms with Crippen LogP contribution in [0.25, 0.3) is 0 Å². The van der Waals surface area contributed by atoms with Gasteiger partial charge in [0.25, 0.3) is 6.01 Å². The largest absolute Gasteiger partial charge is 0.432 e. The van der Waals surface area contributed by atoms with Crippen LogP contribution >= 0.6 is 0 Å². The number of aromatic nitrogens is 1. The van der Waals surface area contributed by atoms with E-state index in [0.29, 0.717) is 18.6 Å². The van der Waals surface area contributed by atoms with Gasteiger partial charge in [-0.15, -0.1) is 0 Å². The lowest BCUT2D eigenvalue weighted by atomic mass is 10.2. The lowest BCUT2D eigenvalue weighted by Gasteiger charge is -2.25. The fourth-order valence-electron chi connectivity index (χ4n) is 2.33. The molecule has 4 heteroatoms. The van der Waals surface area contributed by atoms with E-state index in [-0.39, 0.29) is 0 Å². The Bertz CT molecular complexity index is 323. The second-order valence-corrected chi connectivity index (χ2v) is 4.22. The molecule has 0 aliphatic carbocycles. The van der Waals surface area contributed by atoms with Crippen molar-refractivity contribution in [2.45, 2.75) is 51.7 Å². The second-order valence-electron chi connectivity index (χ2n) is 4.22. The Morgan fingerprint density at radius 1 is 1.60 bits per heavy atom. The Morgan fingerprint density at radius 2 is 2.40 bits per heavy atom. The van der Waals surface area contributed by atoms with Crippen LogP contribution in [0.2, 0.25) is 0 Å². The van der Waals surface area contributed by atoms with Crippen LogP contribution in [0.3, 0.4) is 0 Å².